The molecule has 1 heterocycles. The van der Waals surface area contributed by atoms with Gasteiger partial charge in [0.15, 0.2) is 18.1 Å². The number of rotatable bonds is 5. The summed E-state index contributed by atoms with van der Waals surface area (Å²) < 4.78 is 10.5. The van der Waals surface area contributed by atoms with Gasteiger partial charge in [-0.3, -0.25) is 14.9 Å². The van der Waals surface area contributed by atoms with E-state index in [-0.39, 0.29) is 12.2 Å². The number of nitriles is 1. The molecule has 0 atom stereocenters. The predicted molar refractivity (Wildman–Crippen MR) is 99.5 cm³/mol. The first-order valence-electron chi connectivity index (χ1n) is 8.19. The maximum Gasteiger partial charge on any atom is 0.335 e. The Bertz CT molecular complexity index is 1010. The summed E-state index contributed by atoms with van der Waals surface area (Å²) >= 11 is 0. The normalized spacial score (nSPS) is 15.2. The second kappa shape index (κ2) is 8.05. The van der Waals surface area contributed by atoms with Crippen LogP contribution in [-0.2, 0) is 9.59 Å². The first-order valence-corrected chi connectivity index (χ1v) is 8.19. The van der Waals surface area contributed by atoms with Crippen molar-refractivity contribution in [3.63, 3.8) is 0 Å². The maximum absolute atomic E-state index is 12.8. The molecule has 1 aliphatic rings. The monoisotopic (exact) mass is 377 g/mol. The molecule has 140 valence electrons. The van der Waals surface area contributed by atoms with E-state index in [9.17, 15) is 14.4 Å². The number of carbonyl (C=O) groups excluding carboxylic acids is 3. The number of amides is 4. The Morgan fingerprint density at radius 2 is 1.86 bits per heavy atom. The van der Waals surface area contributed by atoms with E-state index in [2.05, 4.69) is 5.32 Å². The van der Waals surface area contributed by atoms with Gasteiger partial charge in [-0.25, -0.2) is 9.69 Å². The van der Waals surface area contributed by atoms with Gasteiger partial charge in [0.1, 0.15) is 11.6 Å². The number of imide groups is 2. The van der Waals surface area contributed by atoms with Crippen molar-refractivity contribution in [2.24, 2.45) is 0 Å². The molecule has 0 bridgehead atoms. The lowest BCUT2D eigenvalue weighted by Gasteiger charge is -2.26. The molecule has 3 rings (SSSR count). The highest BCUT2D eigenvalue weighted by atomic mass is 16.5. The zero-order chi connectivity index (χ0) is 20.1. The van der Waals surface area contributed by atoms with Crippen LogP contribution in [0.2, 0.25) is 0 Å². The number of methoxy groups -OCH3 is 1. The van der Waals surface area contributed by atoms with Crippen LogP contribution >= 0.6 is 0 Å². The lowest BCUT2D eigenvalue weighted by molar-refractivity contribution is -0.122. The molecule has 0 unspecified atom stereocenters. The van der Waals surface area contributed by atoms with Crippen molar-refractivity contribution in [2.45, 2.75) is 0 Å². The van der Waals surface area contributed by atoms with Crippen LogP contribution < -0.4 is 19.7 Å². The van der Waals surface area contributed by atoms with Crippen molar-refractivity contribution in [1.29, 1.82) is 5.26 Å². The molecular weight excluding hydrogens is 362 g/mol. The molecule has 0 spiro atoms. The van der Waals surface area contributed by atoms with E-state index in [1.807, 2.05) is 6.07 Å². The average Bonchev–Trinajstić information content (AvgIpc) is 2.70. The molecule has 2 aromatic carbocycles. The molecular formula is C20H15N3O5. The Kier molecular flexibility index (Phi) is 5.37. The molecule has 0 saturated carbocycles. The summed E-state index contributed by atoms with van der Waals surface area (Å²) in [6, 6.07) is 14.1. The Hall–Kier alpha value is -4.12. The molecule has 0 aliphatic carbocycles. The highest BCUT2D eigenvalue weighted by Gasteiger charge is 2.36. The van der Waals surface area contributed by atoms with Crippen LogP contribution in [0.25, 0.3) is 6.08 Å². The lowest BCUT2D eigenvalue weighted by Crippen LogP contribution is -2.54. The average molecular weight is 377 g/mol. The fourth-order valence-electron chi connectivity index (χ4n) is 2.64. The zero-order valence-corrected chi connectivity index (χ0v) is 14.8. The van der Waals surface area contributed by atoms with Crippen molar-refractivity contribution < 1.29 is 23.9 Å². The van der Waals surface area contributed by atoms with E-state index in [1.54, 1.807) is 48.5 Å². The van der Waals surface area contributed by atoms with E-state index < -0.39 is 17.8 Å². The maximum atomic E-state index is 12.8. The Morgan fingerprint density at radius 3 is 2.54 bits per heavy atom. The first kappa shape index (κ1) is 18.7. The van der Waals surface area contributed by atoms with E-state index in [0.29, 0.717) is 22.7 Å². The molecule has 1 N–H and O–H groups in total. The van der Waals surface area contributed by atoms with E-state index in [0.717, 1.165) is 4.90 Å². The molecule has 8 heteroatoms. The van der Waals surface area contributed by atoms with Crippen LogP contribution in [0.1, 0.15) is 5.56 Å². The number of anilines is 1. The van der Waals surface area contributed by atoms with E-state index >= 15 is 0 Å². The topological polar surface area (TPSA) is 109 Å². The van der Waals surface area contributed by atoms with Gasteiger partial charge in [0, 0.05) is 0 Å². The van der Waals surface area contributed by atoms with Crippen LogP contribution in [0.15, 0.2) is 54.1 Å². The molecule has 28 heavy (non-hydrogen) atoms. The number of nitrogens with one attached hydrogen (secondary N) is 1. The van der Waals surface area contributed by atoms with Gasteiger partial charge in [-0.05, 0) is 35.9 Å². The van der Waals surface area contributed by atoms with Gasteiger partial charge in [-0.15, -0.1) is 0 Å². The van der Waals surface area contributed by atoms with Crippen molar-refractivity contribution in [1.82, 2.24) is 5.32 Å². The van der Waals surface area contributed by atoms with Crippen molar-refractivity contribution in [3.8, 4) is 17.6 Å². The summed E-state index contributed by atoms with van der Waals surface area (Å²) in [5, 5.41) is 10.8. The summed E-state index contributed by atoms with van der Waals surface area (Å²) in [5.74, 6) is -0.828. The molecule has 8 nitrogen and oxygen atoms in total. The molecule has 1 saturated heterocycles. The molecule has 4 amide bonds. The number of hydrogen-bond acceptors (Lipinski definition) is 6. The van der Waals surface area contributed by atoms with Gasteiger partial charge in [0.25, 0.3) is 11.8 Å². The number of hydrogen-bond donors (Lipinski definition) is 1. The summed E-state index contributed by atoms with van der Waals surface area (Å²) in [6.07, 6.45) is 1.36. The van der Waals surface area contributed by atoms with Crippen LogP contribution in [0.3, 0.4) is 0 Å². The van der Waals surface area contributed by atoms with Gasteiger partial charge in [-0.2, -0.15) is 5.26 Å². The first-order chi connectivity index (χ1) is 13.5. The third-order valence-corrected chi connectivity index (χ3v) is 3.91. The Morgan fingerprint density at radius 1 is 1.11 bits per heavy atom. The fourth-order valence-corrected chi connectivity index (χ4v) is 2.64. The smallest absolute Gasteiger partial charge is 0.335 e. The van der Waals surface area contributed by atoms with Gasteiger partial charge >= 0.3 is 6.03 Å². The minimum atomic E-state index is -0.809. The quantitative estimate of drug-likeness (QED) is 0.632. The second-order valence-corrected chi connectivity index (χ2v) is 5.65. The zero-order valence-electron chi connectivity index (χ0n) is 14.8. The highest BCUT2D eigenvalue weighted by Crippen LogP contribution is 2.29. The Balaban J connectivity index is 1.96. The number of barbiturate groups is 1. The summed E-state index contributed by atoms with van der Waals surface area (Å²) in [4.78, 5) is 38.1. The summed E-state index contributed by atoms with van der Waals surface area (Å²) in [7, 11) is 1.43. The number of ether oxygens (including phenoxy) is 2. The number of benzene rings is 2. The lowest BCUT2D eigenvalue weighted by atomic mass is 10.1. The van der Waals surface area contributed by atoms with Crippen molar-refractivity contribution in [2.75, 3.05) is 18.6 Å². The Labute approximate surface area is 160 Å². The van der Waals surface area contributed by atoms with Gasteiger partial charge < -0.3 is 9.47 Å². The third kappa shape index (κ3) is 3.68. The number of carbonyl (C=O) groups is 3. The van der Waals surface area contributed by atoms with Crippen LogP contribution in [0.5, 0.6) is 11.5 Å². The fraction of sp³-hybridized carbons (Fsp3) is 0.100. The highest BCUT2D eigenvalue weighted by molar-refractivity contribution is 6.39. The van der Waals surface area contributed by atoms with Crippen LogP contribution in [0.4, 0.5) is 10.5 Å². The number of nitrogens with zero attached hydrogens (tertiary/aromatic N) is 2. The van der Waals surface area contributed by atoms with E-state index in [4.69, 9.17) is 14.7 Å². The van der Waals surface area contributed by atoms with E-state index in [1.165, 1.54) is 13.2 Å². The van der Waals surface area contributed by atoms with Crippen molar-refractivity contribution >= 4 is 29.6 Å². The standard InChI is InChI=1S/C20H15N3O5/c1-27-17-12-13(7-8-16(17)28-10-9-21)11-15-18(24)22-20(26)23(19(15)25)14-5-3-2-4-6-14/h2-8,11-12H,10H2,1H3,(H,22,24,26)/b15-11+. The predicted octanol–water partition coefficient (Wildman–Crippen LogP) is 2.26. The molecule has 2 aromatic rings. The minimum absolute atomic E-state index is 0.147. The second-order valence-electron chi connectivity index (χ2n) is 5.65. The summed E-state index contributed by atoms with van der Waals surface area (Å²) in [5.41, 5.74) is 0.638. The third-order valence-electron chi connectivity index (χ3n) is 3.91. The number of para-hydroxylation sites is 1. The molecule has 0 radical (unpaired) electrons. The number of urea groups is 1. The van der Waals surface area contributed by atoms with Gasteiger partial charge in [0.2, 0.25) is 0 Å². The van der Waals surface area contributed by atoms with Crippen molar-refractivity contribution in [3.05, 3.63) is 59.7 Å². The molecule has 0 aromatic heterocycles. The molecule has 1 aliphatic heterocycles. The molecule has 1 fully saturated rings. The van der Waals surface area contributed by atoms with Crippen LogP contribution in [0, 0.1) is 11.3 Å². The largest absolute Gasteiger partial charge is 0.493 e. The van der Waals surface area contributed by atoms with Gasteiger partial charge in [0.05, 0.1) is 12.8 Å². The summed E-state index contributed by atoms with van der Waals surface area (Å²) in [6.45, 7) is -0.147. The SMILES string of the molecule is COc1cc(/C=C2\C(=O)NC(=O)N(c3ccccc3)C2=O)ccc1OCC#N. The van der Waals surface area contributed by atoms with Gasteiger partial charge in [-0.1, -0.05) is 24.3 Å². The minimum Gasteiger partial charge on any atom is -0.493 e. The van der Waals surface area contributed by atoms with Crippen LogP contribution in [-0.4, -0.2) is 31.6 Å².